The monoisotopic (exact) mass is 466 g/mol. The number of hydrogen-bond donors (Lipinski definition) is 2. The average molecular weight is 469 g/mol. The lowest BCUT2D eigenvalue weighted by Crippen LogP contribution is -3.00. The van der Waals surface area contributed by atoms with E-state index in [4.69, 9.17) is 17.3 Å². The molecule has 122 valence electrons. The zero-order valence-electron chi connectivity index (χ0n) is 11.8. The lowest BCUT2D eigenvalue weighted by Gasteiger charge is -2.01. The Balaban J connectivity index is 0.00000220. The summed E-state index contributed by atoms with van der Waals surface area (Å²) in [7, 11) is 0. The van der Waals surface area contributed by atoms with Crippen molar-refractivity contribution in [3.8, 4) is 0 Å². The minimum atomic E-state index is 0. The summed E-state index contributed by atoms with van der Waals surface area (Å²) >= 11 is 7.42. The second-order valence-corrected chi connectivity index (χ2v) is 5.86. The van der Waals surface area contributed by atoms with Gasteiger partial charge in [0, 0.05) is 22.7 Å². The first-order valence-corrected chi connectivity index (χ1v) is 7.75. The lowest BCUT2D eigenvalue weighted by molar-refractivity contribution is -0.00100. The smallest absolute Gasteiger partial charge is 0.154 e. The van der Waals surface area contributed by atoms with Gasteiger partial charge in [-0.15, -0.1) is 0 Å². The van der Waals surface area contributed by atoms with Gasteiger partial charge in [-0.05, 0) is 30.5 Å². The molecule has 0 amide bonds. The highest BCUT2D eigenvalue weighted by molar-refractivity contribution is 8.13. The molecule has 0 bridgehead atoms. The van der Waals surface area contributed by atoms with Crippen LogP contribution in [0.15, 0.2) is 41.8 Å². The van der Waals surface area contributed by atoms with Crippen LogP contribution >= 0.6 is 23.4 Å². The van der Waals surface area contributed by atoms with Crippen molar-refractivity contribution >= 4 is 28.5 Å². The first kappa shape index (κ1) is 21.5. The van der Waals surface area contributed by atoms with Crippen molar-refractivity contribution in [2.75, 3.05) is 5.75 Å². The fourth-order valence-electron chi connectivity index (χ4n) is 1.67. The molecular formula is C14H17Br2ClN4S-2. The topological polar surface area (TPSA) is 67.1 Å². The number of imidazole rings is 1. The van der Waals surface area contributed by atoms with Crippen LogP contribution in [0.25, 0.3) is 0 Å². The van der Waals surface area contributed by atoms with Gasteiger partial charge in [-0.2, -0.15) is 0 Å². The van der Waals surface area contributed by atoms with E-state index in [1.165, 1.54) is 0 Å². The molecule has 1 aromatic carbocycles. The highest BCUT2D eigenvalue weighted by Gasteiger charge is 1.98. The maximum atomic E-state index is 5.88. The Morgan fingerprint density at radius 2 is 2.00 bits per heavy atom. The maximum absolute atomic E-state index is 5.88. The number of hydrogen-bond acceptors (Lipinski definition) is 3. The molecule has 0 aliphatic heterocycles. The molecule has 4 nitrogen and oxygen atoms in total. The van der Waals surface area contributed by atoms with E-state index in [0.29, 0.717) is 11.7 Å². The van der Waals surface area contributed by atoms with Crippen LogP contribution in [0.4, 0.5) is 0 Å². The quantitative estimate of drug-likeness (QED) is 0.275. The molecule has 2 rings (SSSR count). The molecular weight excluding hydrogens is 452 g/mol. The summed E-state index contributed by atoms with van der Waals surface area (Å²) in [5.74, 6) is 0.953. The number of aromatic nitrogens is 2. The lowest BCUT2D eigenvalue weighted by atomic mass is 10.2. The van der Waals surface area contributed by atoms with Crippen LogP contribution in [0.5, 0.6) is 0 Å². The molecule has 22 heavy (non-hydrogen) atoms. The highest BCUT2D eigenvalue weighted by Crippen LogP contribution is 2.11. The van der Waals surface area contributed by atoms with Gasteiger partial charge in [-0.3, -0.25) is 4.99 Å². The SMILES string of the molecule is NC(=NCc1ccc(Cl)cc1)SCCCc1cnc[nH]1.[Br-].[Br-]. The number of amidine groups is 1. The Bertz CT molecular complexity index is 546. The van der Waals surface area contributed by atoms with Crippen molar-refractivity contribution in [2.24, 2.45) is 10.7 Å². The number of rotatable bonds is 6. The fourth-order valence-corrected chi connectivity index (χ4v) is 2.45. The zero-order chi connectivity index (χ0) is 14.2. The number of nitrogens with two attached hydrogens (primary N) is 1. The number of aliphatic imine (C=N–C) groups is 1. The van der Waals surface area contributed by atoms with E-state index in [1.807, 2.05) is 30.5 Å². The van der Waals surface area contributed by atoms with Crippen molar-refractivity contribution in [1.82, 2.24) is 9.97 Å². The van der Waals surface area contributed by atoms with Crippen LogP contribution in [-0.4, -0.2) is 20.9 Å². The summed E-state index contributed by atoms with van der Waals surface area (Å²) in [4.78, 5) is 11.4. The van der Waals surface area contributed by atoms with Gasteiger partial charge in [0.2, 0.25) is 0 Å². The number of aryl methyl sites for hydroxylation is 1. The third kappa shape index (κ3) is 8.22. The largest absolute Gasteiger partial charge is 1.00 e. The van der Waals surface area contributed by atoms with E-state index >= 15 is 0 Å². The van der Waals surface area contributed by atoms with Crippen LogP contribution in [0.2, 0.25) is 5.02 Å². The number of nitrogens with zero attached hydrogens (tertiary/aromatic N) is 2. The van der Waals surface area contributed by atoms with Crippen molar-refractivity contribution in [3.05, 3.63) is 53.1 Å². The molecule has 0 aliphatic carbocycles. The molecule has 0 saturated heterocycles. The van der Waals surface area contributed by atoms with E-state index in [-0.39, 0.29) is 34.0 Å². The third-order valence-corrected chi connectivity index (χ3v) is 3.90. The predicted octanol–water partition coefficient (Wildman–Crippen LogP) is -2.75. The van der Waals surface area contributed by atoms with Gasteiger partial charge in [0.05, 0.1) is 12.9 Å². The summed E-state index contributed by atoms with van der Waals surface area (Å²) < 4.78 is 0. The van der Waals surface area contributed by atoms with E-state index in [9.17, 15) is 0 Å². The van der Waals surface area contributed by atoms with Gasteiger partial charge < -0.3 is 44.7 Å². The number of halogens is 3. The Morgan fingerprint density at radius 3 is 2.64 bits per heavy atom. The van der Waals surface area contributed by atoms with Gasteiger partial charge in [-0.1, -0.05) is 35.5 Å². The van der Waals surface area contributed by atoms with Gasteiger partial charge in [-0.25, -0.2) is 4.98 Å². The van der Waals surface area contributed by atoms with Crippen LogP contribution in [-0.2, 0) is 13.0 Å². The average Bonchev–Trinajstić information content (AvgIpc) is 2.96. The number of H-pyrrole nitrogens is 1. The molecule has 0 atom stereocenters. The molecule has 2 aromatic rings. The van der Waals surface area contributed by atoms with Crippen LogP contribution in [0.1, 0.15) is 17.7 Å². The Morgan fingerprint density at radius 1 is 1.27 bits per heavy atom. The minimum Gasteiger partial charge on any atom is -1.00 e. The summed E-state index contributed by atoms with van der Waals surface area (Å²) in [5.41, 5.74) is 8.14. The molecule has 0 radical (unpaired) electrons. The summed E-state index contributed by atoms with van der Waals surface area (Å²) in [5, 5.41) is 1.36. The molecule has 0 fully saturated rings. The van der Waals surface area contributed by atoms with Gasteiger partial charge in [0.1, 0.15) is 0 Å². The second-order valence-electron chi connectivity index (χ2n) is 4.31. The third-order valence-electron chi connectivity index (χ3n) is 2.73. The molecule has 0 unspecified atom stereocenters. The maximum Gasteiger partial charge on any atom is 0.154 e. The van der Waals surface area contributed by atoms with Crippen LogP contribution in [0, 0.1) is 0 Å². The molecule has 1 heterocycles. The van der Waals surface area contributed by atoms with Gasteiger partial charge in [0.25, 0.3) is 0 Å². The zero-order valence-corrected chi connectivity index (χ0v) is 16.6. The Hall–Kier alpha value is -0.500. The van der Waals surface area contributed by atoms with Crippen LogP contribution < -0.4 is 39.7 Å². The summed E-state index contributed by atoms with van der Waals surface area (Å²) in [6, 6.07) is 7.64. The first-order chi connectivity index (χ1) is 9.74. The van der Waals surface area contributed by atoms with Crippen molar-refractivity contribution in [1.29, 1.82) is 0 Å². The molecule has 8 heteroatoms. The molecule has 0 spiro atoms. The second kappa shape index (κ2) is 12.0. The standard InChI is InChI=1S/C14H17ClN4S.2BrH/c15-12-5-3-11(4-6-12)8-18-14(16)20-7-1-2-13-9-17-10-19-13;;/h3-6,9-10H,1-2,7-8H2,(H2,16,18)(H,17,19);2*1H/p-2. The van der Waals surface area contributed by atoms with Crippen LogP contribution in [0.3, 0.4) is 0 Å². The Labute approximate surface area is 160 Å². The molecule has 0 aliphatic rings. The van der Waals surface area contributed by atoms with Gasteiger partial charge >= 0.3 is 0 Å². The highest BCUT2D eigenvalue weighted by atomic mass is 79.9. The van der Waals surface area contributed by atoms with E-state index in [1.54, 1.807) is 18.1 Å². The predicted molar refractivity (Wildman–Crippen MR) is 86.1 cm³/mol. The first-order valence-electron chi connectivity index (χ1n) is 6.38. The van der Waals surface area contributed by atoms with Crippen molar-refractivity contribution in [2.45, 2.75) is 19.4 Å². The number of aromatic amines is 1. The molecule has 1 aromatic heterocycles. The summed E-state index contributed by atoms with van der Waals surface area (Å²) in [6.07, 6.45) is 5.58. The van der Waals surface area contributed by atoms with Gasteiger partial charge in [0.15, 0.2) is 5.17 Å². The number of benzene rings is 1. The summed E-state index contributed by atoms with van der Waals surface area (Å²) in [6.45, 7) is 0.594. The van der Waals surface area contributed by atoms with Crippen molar-refractivity contribution in [3.63, 3.8) is 0 Å². The van der Waals surface area contributed by atoms with Crippen molar-refractivity contribution < 1.29 is 34.0 Å². The fraction of sp³-hybridized carbons (Fsp3) is 0.286. The number of nitrogens with one attached hydrogen (secondary N) is 1. The van der Waals surface area contributed by atoms with E-state index in [0.717, 1.165) is 34.9 Å². The molecule has 3 N–H and O–H groups in total. The normalized spacial score (nSPS) is 10.7. The molecule has 0 saturated carbocycles. The van der Waals surface area contributed by atoms with E-state index in [2.05, 4.69) is 15.0 Å². The number of thioether (sulfide) groups is 1. The Kier molecular flexibility index (Phi) is 11.7. The minimum absolute atomic E-state index is 0. The van der Waals surface area contributed by atoms with E-state index < -0.39 is 0 Å².